The average Bonchev–Trinajstić information content (AvgIpc) is 3.36. The second-order valence-corrected chi connectivity index (χ2v) is 7.72. The zero-order valence-corrected chi connectivity index (χ0v) is 17.2. The Morgan fingerprint density at radius 2 is 1.71 bits per heavy atom. The van der Waals surface area contributed by atoms with Gasteiger partial charge in [0.1, 0.15) is 12.4 Å². The molecule has 0 spiro atoms. The van der Waals surface area contributed by atoms with Crippen molar-refractivity contribution in [2.75, 3.05) is 6.54 Å². The van der Waals surface area contributed by atoms with Crippen molar-refractivity contribution in [1.29, 1.82) is 0 Å². The molecule has 0 bridgehead atoms. The summed E-state index contributed by atoms with van der Waals surface area (Å²) >= 11 is 0. The van der Waals surface area contributed by atoms with Crippen LogP contribution in [-0.4, -0.2) is 27.0 Å². The van der Waals surface area contributed by atoms with Crippen LogP contribution in [0.1, 0.15) is 17.0 Å². The van der Waals surface area contributed by atoms with E-state index >= 15 is 0 Å². The molecule has 0 saturated carbocycles. The monoisotopic (exact) mass is 408 g/mol. The van der Waals surface area contributed by atoms with Crippen molar-refractivity contribution in [2.24, 2.45) is 0 Å². The number of nitrogens with zero attached hydrogens (tertiary/aromatic N) is 2. The number of hydrogen-bond donors (Lipinski definition) is 2. The topological polar surface area (TPSA) is 62.7 Å². The smallest absolute Gasteiger partial charge is 0.240 e. The highest BCUT2D eigenvalue weighted by atomic mass is 16.1. The molecule has 0 atom stereocenters. The van der Waals surface area contributed by atoms with Crippen LogP contribution in [0.15, 0.2) is 85.1 Å². The Hall–Kier alpha value is -3.86. The molecule has 2 heterocycles. The third-order valence-corrected chi connectivity index (χ3v) is 5.63. The molecule has 31 heavy (non-hydrogen) atoms. The summed E-state index contributed by atoms with van der Waals surface area (Å²) < 4.78 is 2.03. The molecule has 5 aromatic rings. The number of aromatic amines is 1. The van der Waals surface area contributed by atoms with E-state index in [1.165, 1.54) is 16.5 Å². The molecule has 0 radical (unpaired) electrons. The summed E-state index contributed by atoms with van der Waals surface area (Å²) in [5.41, 5.74) is 5.42. The Morgan fingerprint density at radius 1 is 0.935 bits per heavy atom. The van der Waals surface area contributed by atoms with Gasteiger partial charge in [-0.15, -0.1) is 0 Å². The largest absolute Gasteiger partial charge is 0.361 e. The number of para-hydroxylation sites is 3. The summed E-state index contributed by atoms with van der Waals surface area (Å²) in [6, 6.07) is 26.5. The Morgan fingerprint density at radius 3 is 2.61 bits per heavy atom. The van der Waals surface area contributed by atoms with Crippen LogP contribution >= 0.6 is 0 Å². The van der Waals surface area contributed by atoms with E-state index < -0.39 is 0 Å². The van der Waals surface area contributed by atoms with E-state index in [-0.39, 0.29) is 12.5 Å². The maximum atomic E-state index is 12.8. The summed E-state index contributed by atoms with van der Waals surface area (Å²) in [5, 5.41) is 4.29. The van der Waals surface area contributed by atoms with Crippen molar-refractivity contribution >= 4 is 27.8 Å². The number of rotatable bonds is 7. The maximum absolute atomic E-state index is 12.8. The lowest BCUT2D eigenvalue weighted by atomic mass is 10.1. The summed E-state index contributed by atoms with van der Waals surface area (Å²) in [4.78, 5) is 20.9. The number of nitrogens with one attached hydrogen (secondary N) is 2. The number of hydrogen-bond acceptors (Lipinski definition) is 2. The van der Waals surface area contributed by atoms with E-state index in [9.17, 15) is 4.79 Å². The number of carbonyl (C=O) groups excluding carboxylic acids is 1. The third kappa shape index (κ3) is 4.08. The first-order chi connectivity index (χ1) is 15.3. The van der Waals surface area contributed by atoms with E-state index in [4.69, 9.17) is 4.98 Å². The van der Waals surface area contributed by atoms with Crippen molar-refractivity contribution in [2.45, 2.75) is 19.4 Å². The van der Waals surface area contributed by atoms with Gasteiger partial charge < -0.3 is 14.9 Å². The Balaban J connectivity index is 1.30. The molecule has 0 aliphatic heterocycles. The number of amides is 1. The number of fused-ring (bicyclic) bond motifs is 2. The van der Waals surface area contributed by atoms with Gasteiger partial charge in [0, 0.05) is 30.1 Å². The molecular formula is C26H24N4O. The van der Waals surface area contributed by atoms with Gasteiger partial charge in [0.15, 0.2) is 0 Å². The van der Waals surface area contributed by atoms with Crippen molar-refractivity contribution in [1.82, 2.24) is 19.9 Å². The van der Waals surface area contributed by atoms with Gasteiger partial charge in [-0.05, 0) is 35.7 Å². The standard InChI is InChI=1S/C26H24N4O/c31-26(27-15-14-20-17-28-22-11-5-4-10-21(20)22)18-30-24-13-7-6-12-23(24)29-25(30)16-19-8-2-1-3-9-19/h1-13,17,28H,14-16,18H2,(H,27,31). The SMILES string of the molecule is O=C(Cn1c(Cc2ccccc2)nc2ccccc21)NCCc1c[nH]c2ccccc12. The van der Waals surface area contributed by atoms with Crippen LogP contribution in [0, 0.1) is 0 Å². The van der Waals surface area contributed by atoms with Gasteiger partial charge in [-0.3, -0.25) is 4.79 Å². The van der Waals surface area contributed by atoms with E-state index in [0.29, 0.717) is 13.0 Å². The van der Waals surface area contributed by atoms with Crippen LogP contribution in [0.25, 0.3) is 21.9 Å². The predicted molar refractivity (Wildman–Crippen MR) is 124 cm³/mol. The molecule has 0 aliphatic rings. The van der Waals surface area contributed by atoms with Crippen LogP contribution in [0.3, 0.4) is 0 Å². The first-order valence-electron chi connectivity index (χ1n) is 10.6. The van der Waals surface area contributed by atoms with E-state index in [0.717, 1.165) is 28.8 Å². The molecule has 1 amide bonds. The van der Waals surface area contributed by atoms with Gasteiger partial charge in [0.2, 0.25) is 5.91 Å². The molecule has 0 unspecified atom stereocenters. The Kier molecular flexibility index (Phi) is 5.23. The lowest BCUT2D eigenvalue weighted by Crippen LogP contribution is -2.30. The molecular weight excluding hydrogens is 384 g/mol. The fraction of sp³-hybridized carbons (Fsp3) is 0.154. The fourth-order valence-electron chi connectivity index (χ4n) is 4.09. The molecule has 154 valence electrons. The molecule has 5 heteroatoms. The first-order valence-corrected chi connectivity index (χ1v) is 10.6. The van der Waals surface area contributed by atoms with Crippen molar-refractivity contribution < 1.29 is 4.79 Å². The lowest BCUT2D eigenvalue weighted by Gasteiger charge is -2.10. The second-order valence-electron chi connectivity index (χ2n) is 7.72. The second kappa shape index (κ2) is 8.48. The van der Waals surface area contributed by atoms with Gasteiger partial charge in [0.25, 0.3) is 0 Å². The Bertz CT molecular complexity index is 1330. The van der Waals surface area contributed by atoms with Crippen molar-refractivity contribution in [3.8, 4) is 0 Å². The highest BCUT2D eigenvalue weighted by Crippen LogP contribution is 2.19. The minimum atomic E-state index is -0.00249. The lowest BCUT2D eigenvalue weighted by molar-refractivity contribution is -0.121. The number of carbonyl (C=O) groups is 1. The van der Waals surface area contributed by atoms with E-state index in [1.807, 2.05) is 65.4 Å². The van der Waals surface area contributed by atoms with Gasteiger partial charge in [-0.2, -0.15) is 0 Å². The summed E-state index contributed by atoms with van der Waals surface area (Å²) in [6.45, 7) is 0.859. The van der Waals surface area contributed by atoms with Gasteiger partial charge in [0.05, 0.1) is 11.0 Å². The number of imidazole rings is 1. The molecule has 0 saturated heterocycles. The highest BCUT2D eigenvalue weighted by molar-refractivity contribution is 5.83. The van der Waals surface area contributed by atoms with Crippen LogP contribution in [-0.2, 0) is 24.2 Å². The third-order valence-electron chi connectivity index (χ3n) is 5.63. The molecule has 0 fully saturated rings. The predicted octanol–water partition coefficient (Wildman–Crippen LogP) is 4.47. The maximum Gasteiger partial charge on any atom is 0.240 e. The molecule has 5 nitrogen and oxygen atoms in total. The van der Waals surface area contributed by atoms with Crippen LogP contribution in [0.4, 0.5) is 0 Å². The molecule has 0 aliphatic carbocycles. The van der Waals surface area contributed by atoms with Gasteiger partial charge in [-0.1, -0.05) is 60.7 Å². The van der Waals surface area contributed by atoms with E-state index in [2.05, 4.69) is 34.6 Å². The summed E-state index contributed by atoms with van der Waals surface area (Å²) in [5.74, 6) is 0.900. The fourth-order valence-corrected chi connectivity index (χ4v) is 4.09. The van der Waals surface area contributed by atoms with Crippen molar-refractivity contribution in [3.63, 3.8) is 0 Å². The molecule has 2 aromatic heterocycles. The average molecular weight is 409 g/mol. The highest BCUT2D eigenvalue weighted by Gasteiger charge is 2.14. The molecule has 2 N–H and O–H groups in total. The zero-order valence-electron chi connectivity index (χ0n) is 17.2. The van der Waals surface area contributed by atoms with Crippen LogP contribution in [0.2, 0.25) is 0 Å². The van der Waals surface area contributed by atoms with Crippen molar-refractivity contribution in [3.05, 3.63) is 102 Å². The summed E-state index contributed by atoms with van der Waals surface area (Å²) in [7, 11) is 0. The normalized spacial score (nSPS) is 11.2. The number of benzene rings is 3. The Labute approximate surface area is 180 Å². The summed E-state index contributed by atoms with van der Waals surface area (Å²) in [6.07, 6.45) is 3.51. The van der Waals surface area contributed by atoms with Gasteiger partial charge in [-0.25, -0.2) is 4.98 Å². The van der Waals surface area contributed by atoms with Gasteiger partial charge >= 0.3 is 0 Å². The number of H-pyrrole nitrogens is 1. The first kappa shape index (κ1) is 19.1. The zero-order chi connectivity index (χ0) is 21.0. The van der Waals surface area contributed by atoms with Crippen LogP contribution in [0.5, 0.6) is 0 Å². The molecule has 5 rings (SSSR count). The molecule has 3 aromatic carbocycles. The van der Waals surface area contributed by atoms with E-state index in [1.54, 1.807) is 0 Å². The minimum absolute atomic E-state index is 0.00249. The number of aromatic nitrogens is 3. The quantitative estimate of drug-likeness (QED) is 0.417. The van der Waals surface area contributed by atoms with Crippen LogP contribution < -0.4 is 5.32 Å². The minimum Gasteiger partial charge on any atom is -0.361 e.